The number of terminal acetylenes is 1. The van der Waals surface area contributed by atoms with Gasteiger partial charge in [-0.25, -0.2) is 0 Å². The van der Waals surface area contributed by atoms with Gasteiger partial charge in [0.25, 0.3) is 5.91 Å². The van der Waals surface area contributed by atoms with Crippen molar-refractivity contribution in [1.82, 2.24) is 4.57 Å². The summed E-state index contributed by atoms with van der Waals surface area (Å²) in [5.41, 5.74) is 3.17. The highest BCUT2D eigenvalue weighted by Crippen LogP contribution is 2.23. The van der Waals surface area contributed by atoms with E-state index in [9.17, 15) is 4.79 Å². The number of carbonyl (C=O) groups is 1. The van der Waals surface area contributed by atoms with Crippen molar-refractivity contribution in [2.24, 2.45) is 4.99 Å². The molecule has 1 heterocycles. The van der Waals surface area contributed by atoms with Crippen molar-refractivity contribution >= 4 is 27.5 Å². The molecule has 1 amide bonds. The molecule has 26 heavy (non-hydrogen) atoms. The number of methoxy groups -OCH3 is 1. The van der Waals surface area contributed by atoms with Crippen LogP contribution in [0.25, 0.3) is 10.2 Å². The highest BCUT2D eigenvalue weighted by molar-refractivity contribution is 7.16. The molecule has 0 aliphatic carbocycles. The molecule has 0 atom stereocenters. The van der Waals surface area contributed by atoms with Gasteiger partial charge in [-0.05, 0) is 35.7 Å². The predicted octanol–water partition coefficient (Wildman–Crippen LogP) is 3.58. The van der Waals surface area contributed by atoms with Crippen LogP contribution >= 0.6 is 11.3 Å². The van der Waals surface area contributed by atoms with Gasteiger partial charge < -0.3 is 9.30 Å². The third kappa shape index (κ3) is 3.87. The Hall–Kier alpha value is -2.84. The topological polar surface area (TPSA) is 43.6 Å². The van der Waals surface area contributed by atoms with Crippen molar-refractivity contribution in [3.05, 3.63) is 58.4 Å². The van der Waals surface area contributed by atoms with Crippen molar-refractivity contribution in [2.45, 2.75) is 26.3 Å². The fraction of sp³-hybridized carbons (Fsp3) is 0.238. The maximum Gasteiger partial charge on any atom is 0.252 e. The van der Waals surface area contributed by atoms with Crippen molar-refractivity contribution in [3.63, 3.8) is 0 Å². The van der Waals surface area contributed by atoms with Crippen LogP contribution in [0.1, 0.15) is 18.1 Å². The predicted molar refractivity (Wildman–Crippen MR) is 105 cm³/mol. The zero-order valence-corrected chi connectivity index (χ0v) is 15.7. The second kappa shape index (κ2) is 8.03. The van der Waals surface area contributed by atoms with Gasteiger partial charge >= 0.3 is 0 Å². The molecule has 0 radical (unpaired) electrons. The lowest BCUT2D eigenvalue weighted by molar-refractivity contribution is -0.117. The van der Waals surface area contributed by atoms with E-state index in [2.05, 4.69) is 17.8 Å². The van der Waals surface area contributed by atoms with Gasteiger partial charge in [-0.1, -0.05) is 48.4 Å². The number of nitrogens with zero attached hydrogens (tertiary/aromatic N) is 2. The first-order valence-corrected chi connectivity index (χ1v) is 9.22. The molecule has 0 bridgehead atoms. The SMILES string of the molecule is C#CCn1c(=NC(=O)Cc2ccc(CC)cc2)sc2cc(OC)ccc21. The Morgan fingerprint density at radius 3 is 2.62 bits per heavy atom. The van der Waals surface area contributed by atoms with Crippen molar-refractivity contribution < 1.29 is 9.53 Å². The summed E-state index contributed by atoms with van der Waals surface area (Å²) >= 11 is 1.44. The smallest absolute Gasteiger partial charge is 0.252 e. The average Bonchev–Trinajstić information content (AvgIpc) is 2.98. The summed E-state index contributed by atoms with van der Waals surface area (Å²) in [5, 5.41) is 0. The van der Waals surface area contributed by atoms with E-state index in [0.29, 0.717) is 11.3 Å². The summed E-state index contributed by atoms with van der Waals surface area (Å²) < 4.78 is 8.14. The number of carbonyl (C=O) groups excluding carboxylic acids is 1. The lowest BCUT2D eigenvalue weighted by atomic mass is 10.1. The molecule has 0 fully saturated rings. The summed E-state index contributed by atoms with van der Waals surface area (Å²) in [4.78, 5) is 17.4. The fourth-order valence-corrected chi connectivity index (χ4v) is 3.80. The molecule has 0 saturated heterocycles. The molecule has 0 saturated carbocycles. The molecule has 0 unspecified atom stereocenters. The Morgan fingerprint density at radius 2 is 1.96 bits per heavy atom. The highest BCUT2D eigenvalue weighted by atomic mass is 32.1. The van der Waals surface area contributed by atoms with E-state index < -0.39 is 0 Å². The lowest BCUT2D eigenvalue weighted by Crippen LogP contribution is -2.17. The molecule has 3 aromatic rings. The van der Waals surface area contributed by atoms with Gasteiger partial charge in [0.05, 0.1) is 30.3 Å². The zero-order chi connectivity index (χ0) is 18.5. The number of hydrogen-bond acceptors (Lipinski definition) is 3. The Bertz CT molecular complexity index is 1040. The van der Waals surface area contributed by atoms with E-state index in [1.807, 2.05) is 47.0 Å². The third-order valence-corrected chi connectivity index (χ3v) is 5.19. The van der Waals surface area contributed by atoms with E-state index in [-0.39, 0.29) is 12.3 Å². The Morgan fingerprint density at radius 1 is 1.23 bits per heavy atom. The monoisotopic (exact) mass is 364 g/mol. The first-order valence-electron chi connectivity index (χ1n) is 8.40. The van der Waals surface area contributed by atoms with Gasteiger partial charge in [0, 0.05) is 0 Å². The number of fused-ring (bicyclic) bond motifs is 1. The molecule has 5 heteroatoms. The van der Waals surface area contributed by atoms with Crippen molar-refractivity contribution in [1.29, 1.82) is 0 Å². The van der Waals surface area contributed by atoms with E-state index in [1.165, 1.54) is 16.9 Å². The molecule has 132 valence electrons. The van der Waals surface area contributed by atoms with Crippen LogP contribution in [0.2, 0.25) is 0 Å². The number of hydrogen-bond donors (Lipinski definition) is 0. The molecule has 4 nitrogen and oxygen atoms in total. The number of aromatic nitrogens is 1. The number of aryl methyl sites for hydroxylation is 1. The van der Waals surface area contributed by atoms with Gasteiger partial charge in [-0.3, -0.25) is 4.79 Å². The lowest BCUT2D eigenvalue weighted by Gasteiger charge is -2.02. The molecule has 0 aliphatic heterocycles. The number of ether oxygens (including phenoxy) is 1. The second-order valence-corrected chi connectivity index (χ2v) is 6.87. The molecule has 1 aromatic heterocycles. The fourth-order valence-electron chi connectivity index (χ4n) is 2.72. The minimum absolute atomic E-state index is 0.182. The number of amides is 1. The van der Waals surface area contributed by atoms with Gasteiger partial charge in [0.15, 0.2) is 4.80 Å². The Balaban J connectivity index is 1.95. The molecule has 0 N–H and O–H groups in total. The minimum Gasteiger partial charge on any atom is -0.497 e. The van der Waals surface area contributed by atoms with Gasteiger partial charge in [0.2, 0.25) is 0 Å². The normalized spacial score (nSPS) is 11.5. The minimum atomic E-state index is -0.182. The average molecular weight is 364 g/mol. The summed E-state index contributed by atoms with van der Waals surface area (Å²) in [5.74, 6) is 3.22. The summed E-state index contributed by atoms with van der Waals surface area (Å²) in [7, 11) is 1.63. The third-order valence-electron chi connectivity index (χ3n) is 4.15. The summed E-state index contributed by atoms with van der Waals surface area (Å²) in [6, 6.07) is 13.8. The maximum atomic E-state index is 12.4. The number of benzene rings is 2. The van der Waals surface area contributed by atoms with Gasteiger partial charge in [0.1, 0.15) is 5.75 Å². The molecule has 0 spiro atoms. The second-order valence-electron chi connectivity index (χ2n) is 5.86. The van der Waals surface area contributed by atoms with Crippen LogP contribution in [0.15, 0.2) is 47.5 Å². The zero-order valence-electron chi connectivity index (χ0n) is 14.9. The van der Waals surface area contributed by atoms with Crippen LogP contribution in [0.5, 0.6) is 5.75 Å². The number of rotatable bonds is 5. The van der Waals surface area contributed by atoms with E-state index in [0.717, 1.165) is 28.0 Å². The van der Waals surface area contributed by atoms with Crippen LogP contribution in [0, 0.1) is 12.3 Å². The van der Waals surface area contributed by atoms with Gasteiger partial charge in [-0.2, -0.15) is 4.99 Å². The van der Waals surface area contributed by atoms with Crippen LogP contribution in [0.4, 0.5) is 0 Å². The van der Waals surface area contributed by atoms with Crippen molar-refractivity contribution in [3.8, 4) is 18.1 Å². The number of thiazole rings is 1. The standard InChI is InChI=1S/C21H20N2O2S/c1-4-12-23-18-11-10-17(25-3)14-19(18)26-21(23)22-20(24)13-16-8-6-15(5-2)7-9-16/h1,6-11,14H,5,12-13H2,2-3H3. The molecular weight excluding hydrogens is 344 g/mol. The van der Waals surface area contributed by atoms with Gasteiger partial charge in [-0.15, -0.1) is 6.42 Å². The quantitative estimate of drug-likeness (QED) is 0.650. The molecule has 0 aliphatic rings. The first kappa shape index (κ1) is 18.0. The van der Waals surface area contributed by atoms with E-state index in [1.54, 1.807) is 7.11 Å². The molecular formula is C21H20N2O2S. The Labute approximate surface area is 156 Å². The largest absolute Gasteiger partial charge is 0.497 e. The van der Waals surface area contributed by atoms with Crippen LogP contribution in [0.3, 0.4) is 0 Å². The van der Waals surface area contributed by atoms with Crippen LogP contribution in [-0.2, 0) is 24.2 Å². The summed E-state index contributed by atoms with van der Waals surface area (Å²) in [6.07, 6.45) is 6.76. The first-order chi connectivity index (χ1) is 12.6. The molecule has 2 aromatic carbocycles. The van der Waals surface area contributed by atoms with Crippen molar-refractivity contribution in [2.75, 3.05) is 7.11 Å². The summed E-state index contributed by atoms with van der Waals surface area (Å²) in [6.45, 7) is 2.47. The van der Waals surface area contributed by atoms with E-state index in [4.69, 9.17) is 11.2 Å². The van der Waals surface area contributed by atoms with Crippen LogP contribution < -0.4 is 9.54 Å². The maximum absolute atomic E-state index is 12.4. The Kier molecular flexibility index (Phi) is 5.55. The van der Waals surface area contributed by atoms with E-state index >= 15 is 0 Å². The highest BCUT2D eigenvalue weighted by Gasteiger charge is 2.09. The molecule has 3 rings (SSSR count). The van der Waals surface area contributed by atoms with Crippen LogP contribution in [-0.4, -0.2) is 17.6 Å².